The summed E-state index contributed by atoms with van der Waals surface area (Å²) in [5.74, 6) is -0.615. The Kier molecular flexibility index (Phi) is 3.00. The number of carboxylic acid groups (broad SMARTS) is 1. The van der Waals surface area contributed by atoms with Crippen molar-refractivity contribution in [2.45, 2.75) is 11.3 Å². The third-order valence-corrected chi connectivity index (χ3v) is 6.52. The zero-order valence-corrected chi connectivity index (χ0v) is 10.1. The highest BCUT2D eigenvalue weighted by Crippen LogP contribution is 2.37. The molecule has 0 aromatic rings. The number of sulfone groups is 1. The monoisotopic (exact) mass is 267 g/mol. The number of aliphatic carboxylic acids is 1. The highest BCUT2D eigenvalue weighted by Gasteiger charge is 2.42. The van der Waals surface area contributed by atoms with Crippen LogP contribution in [0.25, 0.3) is 0 Å². The first-order valence-electron chi connectivity index (χ1n) is 4.26. The molecule has 1 N–H and O–H groups in total. The van der Waals surface area contributed by atoms with Gasteiger partial charge in [0, 0.05) is 5.25 Å². The Balaban J connectivity index is 1.96. The fraction of sp³-hybridized carbons (Fsp3) is 0.714. The molecule has 0 amide bonds. The normalized spacial score (nSPS) is 32.4. The van der Waals surface area contributed by atoms with Crippen molar-refractivity contribution in [2.75, 3.05) is 17.3 Å². The molecule has 0 bridgehead atoms. The number of carbonyl (C=O) groups is 1. The van der Waals surface area contributed by atoms with Crippen LogP contribution in [0.2, 0.25) is 0 Å². The minimum absolute atomic E-state index is 0.00583. The highest BCUT2D eigenvalue weighted by molar-refractivity contribution is 8.39. The summed E-state index contributed by atoms with van der Waals surface area (Å²) in [5, 5.41) is 8.48. The summed E-state index contributed by atoms with van der Waals surface area (Å²) >= 11 is 2.56. The van der Waals surface area contributed by atoms with Crippen LogP contribution in [0, 0.1) is 0 Å². The van der Waals surface area contributed by atoms with Gasteiger partial charge in [-0.15, -0.1) is 0 Å². The van der Waals surface area contributed by atoms with E-state index in [9.17, 15) is 13.2 Å². The molecule has 5 nitrogen and oxygen atoms in total. The van der Waals surface area contributed by atoms with Gasteiger partial charge in [0.15, 0.2) is 9.84 Å². The van der Waals surface area contributed by atoms with E-state index >= 15 is 0 Å². The molecule has 0 unspecified atom stereocenters. The average molecular weight is 267 g/mol. The zero-order chi connectivity index (χ0) is 11.1. The lowest BCUT2D eigenvalue weighted by Crippen LogP contribution is -2.12. The molecule has 0 aliphatic carbocycles. The lowest BCUT2D eigenvalue weighted by Gasteiger charge is -2.01. The fourth-order valence-electron chi connectivity index (χ4n) is 1.52. The van der Waals surface area contributed by atoms with E-state index in [0.717, 1.165) is 0 Å². The molecule has 0 aromatic heterocycles. The fourth-order valence-corrected chi connectivity index (χ4v) is 6.27. The second kappa shape index (κ2) is 3.99. The molecule has 2 aliphatic heterocycles. The standard InChI is InChI=1S/C7H9NO4S3/c9-6(10)1-13-7-8-4-2-15(11,12)3-5(4)14-7/h4-5H,1-3H2,(H,9,10)/t4-,5+/m0/s1. The van der Waals surface area contributed by atoms with Crippen molar-refractivity contribution >= 4 is 43.7 Å². The Morgan fingerprint density at radius 1 is 1.60 bits per heavy atom. The molecule has 2 aliphatic rings. The Hall–Kier alpha value is -0.210. The molecule has 0 aromatic carbocycles. The largest absolute Gasteiger partial charge is 0.481 e. The molecule has 0 radical (unpaired) electrons. The van der Waals surface area contributed by atoms with Crippen molar-refractivity contribution in [3.63, 3.8) is 0 Å². The van der Waals surface area contributed by atoms with Gasteiger partial charge in [0.2, 0.25) is 0 Å². The first-order chi connectivity index (χ1) is 6.96. The summed E-state index contributed by atoms with van der Waals surface area (Å²) < 4.78 is 23.2. The van der Waals surface area contributed by atoms with Gasteiger partial charge in [0.1, 0.15) is 4.38 Å². The minimum atomic E-state index is -2.91. The first-order valence-corrected chi connectivity index (χ1v) is 7.94. The number of hydrogen-bond donors (Lipinski definition) is 1. The molecule has 2 rings (SSSR count). The Bertz CT molecular complexity index is 416. The van der Waals surface area contributed by atoms with Crippen molar-refractivity contribution in [1.82, 2.24) is 0 Å². The predicted octanol–water partition coefficient (Wildman–Crippen LogP) is 0.0726. The maximum absolute atomic E-state index is 11.2. The number of nitrogens with zero attached hydrogens (tertiary/aromatic N) is 1. The van der Waals surface area contributed by atoms with E-state index in [1.807, 2.05) is 0 Å². The van der Waals surface area contributed by atoms with Crippen LogP contribution in [0.4, 0.5) is 0 Å². The van der Waals surface area contributed by atoms with Gasteiger partial charge in [-0.25, -0.2) is 8.42 Å². The summed E-state index contributed by atoms with van der Waals surface area (Å²) in [6.07, 6.45) is 0. The van der Waals surface area contributed by atoms with Gasteiger partial charge in [-0.05, 0) is 0 Å². The van der Waals surface area contributed by atoms with E-state index in [1.165, 1.54) is 23.5 Å². The number of thioether (sulfide) groups is 2. The third kappa shape index (κ3) is 2.67. The van der Waals surface area contributed by atoms with Crippen LogP contribution in [0.1, 0.15) is 0 Å². The van der Waals surface area contributed by atoms with Gasteiger partial charge in [-0.3, -0.25) is 9.79 Å². The van der Waals surface area contributed by atoms with Crippen LogP contribution < -0.4 is 0 Å². The van der Waals surface area contributed by atoms with Gasteiger partial charge in [0.25, 0.3) is 0 Å². The van der Waals surface area contributed by atoms with Gasteiger partial charge in [-0.1, -0.05) is 23.5 Å². The van der Waals surface area contributed by atoms with E-state index in [2.05, 4.69) is 4.99 Å². The van der Waals surface area contributed by atoms with E-state index in [0.29, 0.717) is 4.38 Å². The maximum atomic E-state index is 11.2. The SMILES string of the molecule is O=C(O)CSC1=N[C@H]2CS(=O)(=O)C[C@H]2S1. The summed E-state index contributed by atoms with van der Waals surface area (Å²) in [5.41, 5.74) is 0. The summed E-state index contributed by atoms with van der Waals surface area (Å²) in [6.45, 7) is 0. The lowest BCUT2D eigenvalue weighted by molar-refractivity contribution is -0.133. The number of hydrogen-bond acceptors (Lipinski definition) is 6. The maximum Gasteiger partial charge on any atom is 0.313 e. The Morgan fingerprint density at radius 3 is 2.93 bits per heavy atom. The summed E-state index contributed by atoms with van der Waals surface area (Å²) in [6, 6.07) is -0.156. The molecule has 84 valence electrons. The van der Waals surface area contributed by atoms with Crippen LogP contribution in [0.3, 0.4) is 0 Å². The van der Waals surface area contributed by atoms with Crippen LogP contribution in [0.5, 0.6) is 0 Å². The molecule has 8 heteroatoms. The molecule has 1 saturated heterocycles. The number of aliphatic imine (C=N–C) groups is 1. The number of fused-ring (bicyclic) bond motifs is 1. The molecule has 0 saturated carbocycles. The first kappa shape index (κ1) is 11.3. The van der Waals surface area contributed by atoms with Crippen molar-refractivity contribution < 1.29 is 18.3 Å². The van der Waals surface area contributed by atoms with Gasteiger partial charge >= 0.3 is 5.97 Å². The van der Waals surface area contributed by atoms with Gasteiger partial charge in [-0.2, -0.15) is 0 Å². The molecule has 1 fully saturated rings. The summed E-state index contributed by atoms with van der Waals surface area (Å²) in [4.78, 5) is 14.5. The minimum Gasteiger partial charge on any atom is -0.481 e. The molecule has 2 heterocycles. The molecule has 2 atom stereocenters. The summed E-state index contributed by atoms with van der Waals surface area (Å²) in [7, 11) is -2.91. The van der Waals surface area contributed by atoms with Crippen molar-refractivity contribution in [3.8, 4) is 0 Å². The third-order valence-electron chi connectivity index (χ3n) is 2.11. The Labute approximate surface area is 95.6 Å². The van der Waals surface area contributed by atoms with Crippen LogP contribution in [0.15, 0.2) is 4.99 Å². The predicted molar refractivity (Wildman–Crippen MR) is 61.3 cm³/mol. The van der Waals surface area contributed by atoms with E-state index in [1.54, 1.807) is 0 Å². The second-order valence-corrected chi connectivity index (χ2v) is 7.98. The van der Waals surface area contributed by atoms with Crippen LogP contribution >= 0.6 is 23.5 Å². The molecule has 0 spiro atoms. The zero-order valence-electron chi connectivity index (χ0n) is 7.62. The van der Waals surface area contributed by atoms with E-state index in [-0.39, 0.29) is 28.6 Å². The quantitative estimate of drug-likeness (QED) is 0.762. The van der Waals surface area contributed by atoms with Gasteiger partial charge < -0.3 is 5.11 Å². The van der Waals surface area contributed by atoms with Gasteiger partial charge in [0.05, 0.1) is 23.3 Å². The average Bonchev–Trinajstić information content (AvgIpc) is 2.53. The molecular formula is C7H9NO4S3. The van der Waals surface area contributed by atoms with E-state index in [4.69, 9.17) is 5.11 Å². The van der Waals surface area contributed by atoms with Crippen molar-refractivity contribution in [1.29, 1.82) is 0 Å². The highest BCUT2D eigenvalue weighted by atomic mass is 32.2. The number of carboxylic acids is 1. The number of rotatable bonds is 2. The lowest BCUT2D eigenvalue weighted by atomic mass is 10.3. The topological polar surface area (TPSA) is 83.8 Å². The van der Waals surface area contributed by atoms with Crippen LogP contribution in [-0.4, -0.2) is 52.4 Å². The smallest absolute Gasteiger partial charge is 0.313 e. The molecular weight excluding hydrogens is 258 g/mol. The van der Waals surface area contributed by atoms with Crippen LogP contribution in [-0.2, 0) is 14.6 Å². The van der Waals surface area contributed by atoms with Crippen molar-refractivity contribution in [3.05, 3.63) is 0 Å². The van der Waals surface area contributed by atoms with Crippen molar-refractivity contribution in [2.24, 2.45) is 4.99 Å². The Morgan fingerprint density at radius 2 is 2.33 bits per heavy atom. The molecule has 15 heavy (non-hydrogen) atoms. The second-order valence-electron chi connectivity index (χ2n) is 3.38. The van der Waals surface area contributed by atoms with E-state index < -0.39 is 15.8 Å².